The van der Waals surface area contributed by atoms with Gasteiger partial charge in [0.1, 0.15) is 19.3 Å². The molecule has 0 heterocycles. The van der Waals surface area contributed by atoms with Crippen molar-refractivity contribution in [3.63, 3.8) is 0 Å². The average molecular weight is 1620 g/mol. The summed E-state index contributed by atoms with van der Waals surface area (Å²) < 4.78 is 69.1. The van der Waals surface area contributed by atoms with E-state index in [1.807, 2.05) is 0 Å². The Labute approximate surface area is 683 Å². The van der Waals surface area contributed by atoms with Gasteiger partial charge in [-0.25, -0.2) is 9.13 Å². The number of hydrogen-bond donors (Lipinski definition) is 3. The minimum Gasteiger partial charge on any atom is -0.462 e. The largest absolute Gasteiger partial charge is 0.472 e. The second-order valence-electron chi connectivity index (χ2n) is 33.3. The summed E-state index contributed by atoms with van der Waals surface area (Å²) in [4.78, 5) is 73.4. The van der Waals surface area contributed by atoms with E-state index in [4.69, 9.17) is 37.0 Å². The fraction of sp³-hybridized carbons (Fsp3) is 0.957. The van der Waals surface area contributed by atoms with Gasteiger partial charge in [0.2, 0.25) is 0 Å². The Morgan fingerprint density at radius 1 is 0.252 bits per heavy atom. The van der Waals surface area contributed by atoms with Gasteiger partial charge in [-0.15, -0.1) is 0 Å². The van der Waals surface area contributed by atoms with Gasteiger partial charge in [-0.3, -0.25) is 37.3 Å². The van der Waals surface area contributed by atoms with Crippen LogP contribution in [0.4, 0.5) is 0 Å². The van der Waals surface area contributed by atoms with Crippen LogP contribution in [0.15, 0.2) is 0 Å². The molecule has 111 heavy (non-hydrogen) atoms. The maximum atomic E-state index is 13.2. The molecule has 17 nitrogen and oxygen atoms in total. The van der Waals surface area contributed by atoms with Crippen molar-refractivity contribution >= 4 is 39.5 Å². The minimum atomic E-state index is -4.97. The molecule has 0 aliphatic rings. The topological polar surface area (TPSA) is 237 Å². The van der Waals surface area contributed by atoms with Crippen molar-refractivity contribution in [3.05, 3.63) is 0 Å². The van der Waals surface area contributed by atoms with Crippen LogP contribution >= 0.6 is 15.6 Å². The SMILES string of the molecule is CCCCCCCCCCCCCCCCCCCCCCC(=O)OC[C@H](COP(=O)(O)OC[C@@H](O)COP(=O)(O)OC[C@@H](COC(=O)CCCCCCCCCCCCC)OC(=O)CCCCCCCCCCCCCCCCCCCC)OC(=O)CCCCCCCCCCCCCCCCCCCCC(C)CC. The molecule has 0 aromatic carbocycles. The number of phosphoric acid groups is 2. The second kappa shape index (κ2) is 84.5. The number of carbonyl (C=O) groups is 4. The van der Waals surface area contributed by atoms with Crippen LogP contribution in [0.2, 0.25) is 0 Å². The van der Waals surface area contributed by atoms with E-state index in [2.05, 4.69) is 34.6 Å². The Bertz CT molecular complexity index is 2100. The highest BCUT2D eigenvalue weighted by molar-refractivity contribution is 7.47. The Kier molecular flexibility index (Phi) is 83.0. The van der Waals surface area contributed by atoms with Gasteiger partial charge in [0.15, 0.2) is 12.2 Å². The van der Waals surface area contributed by atoms with Gasteiger partial charge in [-0.05, 0) is 31.6 Å². The molecular weight excluding hydrogens is 1440 g/mol. The van der Waals surface area contributed by atoms with E-state index in [0.717, 1.165) is 95.8 Å². The number of aliphatic hydroxyl groups excluding tert-OH is 1. The van der Waals surface area contributed by atoms with Crippen molar-refractivity contribution in [2.24, 2.45) is 5.92 Å². The summed E-state index contributed by atoms with van der Waals surface area (Å²) in [7, 11) is -9.93. The lowest BCUT2D eigenvalue weighted by atomic mass is 9.99. The van der Waals surface area contributed by atoms with Crippen LogP contribution in [0.3, 0.4) is 0 Å². The van der Waals surface area contributed by atoms with Gasteiger partial charge in [-0.2, -0.15) is 0 Å². The molecule has 0 aromatic heterocycles. The van der Waals surface area contributed by atoms with Crippen LogP contribution < -0.4 is 0 Å². The lowest BCUT2D eigenvalue weighted by Crippen LogP contribution is -2.30. The first kappa shape index (κ1) is 109. The molecule has 0 aliphatic heterocycles. The van der Waals surface area contributed by atoms with Crippen molar-refractivity contribution in [2.45, 2.75) is 522 Å². The average Bonchev–Trinajstić information content (AvgIpc) is 0.899. The zero-order valence-electron chi connectivity index (χ0n) is 73.1. The first-order chi connectivity index (χ1) is 54.1. The van der Waals surface area contributed by atoms with E-state index in [-0.39, 0.29) is 25.7 Å². The molecule has 0 rings (SSSR count). The highest BCUT2D eigenvalue weighted by atomic mass is 31.2. The summed E-state index contributed by atoms with van der Waals surface area (Å²) in [5, 5.41) is 10.7. The zero-order chi connectivity index (χ0) is 81.1. The van der Waals surface area contributed by atoms with Crippen LogP contribution in [-0.2, 0) is 65.4 Å². The first-order valence-electron chi connectivity index (χ1n) is 47.7. The van der Waals surface area contributed by atoms with Gasteiger partial charge < -0.3 is 33.8 Å². The Hall–Kier alpha value is -1.94. The molecule has 0 radical (unpaired) electrons. The van der Waals surface area contributed by atoms with Crippen molar-refractivity contribution in [1.82, 2.24) is 0 Å². The molecule has 0 spiro atoms. The molecule has 0 amide bonds. The number of unbranched alkanes of at least 4 members (excludes halogenated alkanes) is 63. The first-order valence-corrected chi connectivity index (χ1v) is 50.7. The van der Waals surface area contributed by atoms with Gasteiger partial charge >= 0.3 is 39.5 Å². The lowest BCUT2D eigenvalue weighted by Gasteiger charge is -2.21. The third-order valence-electron chi connectivity index (χ3n) is 22.1. The fourth-order valence-corrected chi connectivity index (χ4v) is 16.1. The number of ether oxygens (including phenoxy) is 4. The van der Waals surface area contributed by atoms with Crippen molar-refractivity contribution in [2.75, 3.05) is 39.6 Å². The van der Waals surface area contributed by atoms with Gasteiger partial charge in [-0.1, -0.05) is 452 Å². The van der Waals surface area contributed by atoms with Crippen molar-refractivity contribution in [1.29, 1.82) is 0 Å². The number of aliphatic hydroxyl groups is 1. The predicted octanol–water partition coefficient (Wildman–Crippen LogP) is 28.7. The monoisotopic (exact) mass is 1620 g/mol. The molecule has 19 heteroatoms. The van der Waals surface area contributed by atoms with Crippen LogP contribution in [0, 0.1) is 5.92 Å². The number of esters is 4. The van der Waals surface area contributed by atoms with Crippen molar-refractivity contribution < 1.29 is 80.2 Å². The van der Waals surface area contributed by atoms with E-state index in [9.17, 15) is 43.2 Å². The molecule has 0 aliphatic carbocycles. The third kappa shape index (κ3) is 84.3. The molecule has 0 aromatic rings. The van der Waals surface area contributed by atoms with Crippen LogP contribution in [-0.4, -0.2) is 96.7 Å². The molecule has 3 N–H and O–H groups in total. The molecule has 0 bridgehead atoms. The van der Waals surface area contributed by atoms with E-state index in [1.165, 1.54) is 327 Å². The minimum absolute atomic E-state index is 0.109. The summed E-state index contributed by atoms with van der Waals surface area (Å²) in [6, 6.07) is 0. The molecule has 0 fully saturated rings. The van der Waals surface area contributed by atoms with Crippen LogP contribution in [0.1, 0.15) is 503 Å². The van der Waals surface area contributed by atoms with E-state index < -0.39 is 97.5 Å². The molecule has 6 atom stereocenters. The molecule has 0 saturated carbocycles. The molecule has 3 unspecified atom stereocenters. The molecule has 660 valence electrons. The van der Waals surface area contributed by atoms with Crippen LogP contribution in [0.5, 0.6) is 0 Å². The summed E-state index contributed by atoms with van der Waals surface area (Å²) in [6.07, 6.45) is 80.6. The number of carbonyl (C=O) groups excluding carboxylic acids is 4. The number of rotatable bonds is 92. The van der Waals surface area contributed by atoms with E-state index >= 15 is 0 Å². The number of hydrogen-bond acceptors (Lipinski definition) is 15. The summed E-state index contributed by atoms with van der Waals surface area (Å²) >= 11 is 0. The number of phosphoric ester groups is 2. The van der Waals surface area contributed by atoms with Gasteiger partial charge in [0, 0.05) is 25.7 Å². The Morgan fingerprint density at radius 2 is 0.432 bits per heavy atom. The summed E-state index contributed by atoms with van der Waals surface area (Å²) in [6.45, 7) is 7.47. The van der Waals surface area contributed by atoms with E-state index in [1.54, 1.807) is 0 Å². The molecule has 0 saturated heterocycles. The Balaban J connectivity index is 5.23. The lowest BCUT2D eigenvalue weighted by molar-refractivity contribution is -0.161. The Morgan fingerprint density at radius 3 is 0.640 bits per heavy atom. The fourth-order valence-electron chi connectivity index (χ4n) is 14.5. The maximum absolute atomic E-state index is 13.2. The maximum Gasteiger partial charge on any atom is 0.472 e. The zero-order valence-corrected chi connectivity index (χ0v) is 74.9. The summed E-state index contributed by atoms with van der Waals surface area (Å²) in [5.74, 6) is -1.22. The van der Waals surface area contributed by atoms with Gasteiger partial charge in [0.05, 0.1) is 26.4 Å². The quantitative estimate of drug-likeness (QED) is 0.0222. The standard InChI is InChI=1S/C92H180O17P2/c1-6-10-13-16-19-22-25-27-29-31-33-34-39-42-46-51-56-61-66-71-76-90(95)103-82-88(109-92(97)78-73-68-63-58-53-48-44-40-36-35-37-41-45-50-54-59-64-69-74-85(5)9-4)84-107-111(100,101)105-80-86(93)79-104-110(98,99)106-83-87(81-102-89(94)75-70-65-60-55-49-24-21-18-15-12-8-3)108-91(96)77-72-67-62-57-52-47-43-38-32-30-28-26-23-20-17-14-11-7-2/h85-88,93H,6-84H2,1-5H3,(H,98,99)(H,100,101)/t85?,86-,87+,88+/m0/s1. The van der Waals surface area contributed by atoms with E-state index in [0.29, 0.717) is 25.7 Å². The van der Waals surface area contributed by atoms with Crippen molar-refractivity contribution in [3.8, 4) is 0 Å². The summed E-state index contributed by atoms with van der Waals surface area (Å²) in [5.41, 5.74) is 0. The normalized spacial score (nSPS) is 13.9. The highest BCUT2D eigenvalue weighted by Gasteiger charge is 2.31. The molecular formula is C92H180O17P2. The second-order valence-corrected chi connectivity index (χ2v) is 36.2. The van der Waals surface area contributed by atoms with Gasteiger partial charge in [0.25, 0.3) is 0 Å². The van der Waals surface area contributed by atoms with Crippen LogP contribution in [0.25, 0.3) is 0 Å². The highest BCUT2D eigenvalue weighted by Crippen LogP contribution is 2.45. The smallest absolute Gasteiger partial charge is 0.462 e. The predicted molar refractivity (Wildman–Crippen MR) is 460 cm³/mol. The third-order valence-corrected chi connectivity index (χ3v) is 24.0.